The monoisotopic (exact) mass is 421 g/mol. The average molecular weight is 422 g/mol. The van der Waals surface area contributed by atoms with E-state index in [2.05, 4.69) is 10.3 Å². The summed E-state index contributed by atoms with van der Waals surface area (Å²) in [6.45, 7) is 2.55. The van der Waals surface area contributed by atoms with Crippen LogP contribution < -0.4 is 16.6 Å². The molecule has 10 heteroatoms. The first-order chi connectivity index (χ1) is 13.3. The molecule has 0 spiro atoms. The highest BCUT2D eigenvalue weighted by Crippen LogP contribution is 2.22. The van der Waals surface area contributed by atoms with E-state index in [0.717, 1.165) is 11.0 Å². The van der Waals surface area contributed by atoms with Crippen molar-refractivity contribution in [1.29, 1.82) is 0 Å². The first-order valence-electron chi connectivity index (χ1n) is 8.68. The minimum absolute atomic E-state index is 0.115. The number of thioether (sulfide) groups is 1. The molecular weight excluding hydrogens is 402 g/mol. The van der Waals surface area contributed by atoms with E-state index in [1.807, 2.05) is 6.92 Å². The second kappa shape index (κ2) is 8.24. The van der Waals surface area contributed by atoms with E-state index < -0.39 is 11.2 Å². The Morgan fingerprint density at radius 1 is 1.18 bits per heavy atom. The van der Waals surface area contributed by atoms with Gasteiger partial charge in [-0.25, -0.2) is 9.78 Å². The van der Waals surface area contributed by atoms with Crippen LogP contribution in [-0.2, 0) is 25.4 Å². The third kappa shape index (κ3) is 3.85. The SMILES string of the molecule is CCCn1c(SCC(=O)Nc2ccc(Cl)cc2)nc2c1c(=O)n(C)c(=O)n2C. The van der Waals surface area contributed by atoms with E-state index in [9.17, 15) is 14.4 Å². The van der Waals surface area contributed by atoms with E-state index in [0.29, 0.717) is 33.6 Å². The van der Waals surface area contributed by atoms with Crippen molar-refractivity contribution in [2.45, 2.75) is 25.0 Å². The standard InChI is InChI=1S/C18H20ClN5O3S/c1-4-9-24-14-15(22(2)18(27)23(3)16(14)26)21-17(24)28-10-13(25)20-12-7-5-11(19)6-8-12/h5-8H,4,9-10H2,1-3H3,(H,20,25). The molecular formula is C18H20ClN5O3S. The first kappa shape index (κ1) is 20.2. The number of nitrogens with one attached hydrogen (secondary N) is 1. The zero-order valence-corrected chi connectivity index (χ0v) is 17.3. The maximum Gasteiger partial charge on any atom is 0.332 e. The van der Waals surface area contributed by atoms with Crippen LogP contribution in [0, 0.1) is 0 Å². The second-order valence-corrected chi connectivity index (χ2v) is 7.65. The van der Waals surface area contributed by atoms with Gasteiger partial charge in [-0.15, -0.1) is 0 Å². The molecule has 0 radical (unpaired) electrons. The van der Waals surface area contributed by atoms with Gasteiger partial charge in [0.1, 0.15) is 0 Å². The molecule has 3 rings (SSSR count). The number of halogens is 1. The summed E-state index contributed by atoms with van der Waals surface area (Å²) >= 11 is 7.07. The molecule has 8 nitrogen and oxygen atoms in total. The molecule has 3 aromatic rings. The minimum Gasteiger partial charge on any atom is -0.325 e. The Morgan fingerprint density at radius 3 is 2.50 bits per heavy atom. The highest BCUT2D eigenvalue weighted by Gasteiger charge is 2.19. The Balaban J connectivity index is 1.89. The fraction of sp³-hybridized carbons (Fsp3) is 0.333. The summed E-state index contributed by atoms with van der Waals surface area (Å²) in [6.07, 6.45) is 0.780. The van der Waals surface area contributed by atoms with Gasteiger partial charge in [0.15, 0.2) is 16.3 Å². The first-order valence-corrected chi connectivity index (χ1v) is 10.0. The number of rotatable bonds is 6. The Morgan fingerprint density at radius 2 is 1.86 bits per heavy atom. The molecule has 28 heavy (non-hydrogen) atoms. The molecule has 0 saturated heterocycles. The van der Waals surface area contributed by atoms with Gasteiger partial charge < -0.3 is 9.88 Å². The Hall–Kier alpha value is -2.52. The molecule has 0 saturated carbocycles. The van der Waals surface area contributed by atoms with Crippen LogP contribution in [0.1, 0.15) is 13.3 Å². The summed E-state index contributed by atoms with van der Waals surface area (Å²) in [7, 11) is 3.02. The molecule has 0 bridgehead atoms. The maximum absolute atomic E-state index is 12.6. The van der Waals surface area contributed by atoms with Crippen molar-refractivity contribution in [3.8, 4) is 0 Å². The number of benzene rings is 1. The average Bonchev–Trinajstić information content (AvgIpc) is 3.04. The predicted molar refractivity (Wildman–Crippen MR) is 111 cm³/mol. The van der Waals surface area contributed by atoms with Gasteiger partial charge in [0.2, 0.25) is 5.91 Å². The van der Waals surface area contributed by atoms with Crippen molar-refractivity contribution in [2.24, 2.45) is 14.1 Å². The fourth-order valence-electron chi connectivity index (χ4n) is 2.83. The molecule has 2 heterocycles. The van der Waals surface area contributed by atoms with Crippen LogP contribution in [0.2, 0.25) is 5.02 Å². The lowest BCUT2D eigenvalue weighted by Gasteiger charge is -2.08. The van der Waals surface area contributed by atoms with Crippen LogP contribution in [0.3, 0.4) is 0 Å². The van der Waals surface area contributed by atoms with E-state index >= 15 is 0 Å². The number of fused-ring (bicyclic) bond motifs is 1. The van der Waals surface area contributed by atoms with Gasteiger partial charge in [0.25, 0.3) is 5.56 Å². The Labute approximate surface area is 170 Å². The molecule has 0 aliphatic rings. The molecule has 0 aliphatic carbocycles. The molecule has 1 N–H and O–H groups in total. The summed E-state index contributed by atoms with van der Waals surface area (Å²) < 4.78 is 4.19. The van der Waals surface area contributed by atoms with Gasteiger partial charge in [-0.05, 0) is 30.7 Å². The van der Waals surface area contributed by atoms with Crippen molar-refractivity contribution in [1.82, 2.24) is 18.7 Å². The Bertz CT molecular complexity index is 1150. The highest BCUT2D eigenvalue weighted by atomic mass is 35.5. The number of nitrogens with zero attached hydrogens (tertiary/aromatic N) is 4. The number of anilines is 1. The zero-order valence-electron chi connectivity index (χ0n) is 15.7. The third-order valence-electron chi connectivity index (χ3n) is 4.22. The van der Waals surface area contributed by atoms with Crippen molar-refractivity contribution in [3.63, 3.8) is 0 Å². The molecule has 0 atom stereocenters. The molecule has 0 fully saturated rings. The number of hydrogen-bond donors (Lipinski definition) is 1. The Kier molecular flexibility index (Phi) is 5.95. The van der Waals surface area contributed by atoms with E-state index in [1.165, 1.54) is 23.4 Å². The van der Waals surface area contributed by atoms with Crippen molar-refractivity contribution >= 4 is 46.1 Å². The summed E-state index contributed by atoms with van der Waals surface area (Å²) in [6, 6.07) is 6.83. The van der Waals surface area contributed by atoms with Gasteiger partial charge in [-0.1, -0.05) is 30.3 Å². The molecule has 1 amide bonds. The molecule has 148 valence electrons. The lowest BCUT2D eigenvalue weighted by Crippen LogP contribution is -2.37. The topological polar surface area (TPSA) is 90.9 Å². The minimum atomic E-state index is -0.435. The summed E-state index contributed by atoms with van der Waals surface area (Å²) in [4.78, 5) is 41.5. The van der Waals surface area contributed by atoms with Crippen LogP contribution in [0.4, 0.5) is 5.69 Å². The normalized spacial score (nSPS) is 11.1. The van der Waals surface area contributed by atoms with E-state index in [-0.39, 0.29) is 11.7 Å². The van der Waals surface area contributed by atoms with Crippen LogP contribution in [0.25, 0.3) is 11.2 Å². The zero-order chi connectivity index (χ0) is 20.4. The van der Waals surface area contributed by atoms with Crippen LogP contribution in [0.5, 0.6) is 0 Å². The van der Waals surface area contributed by atoms with Crippen molar-refractivity contribution in [2.75, 3.05) is 11.1 Å². The number of carbonyl (C=O) groups excluding carboxylic acids is 1. The van der Waals surface area contributed by atoms with Gasteiger partial charge >= 0.3 is 5.69 Å². The van der Waals surface area contributed by atoms with Crippen LogP contribution in [-0.4, -0.2) is 30.3 Å². The summed E-state index contributed by atoms with van der Waals surface area (Å²) in [5, 5.41) is 3.91. The smallest absolute Gasteiger partial charge is 0.325 e. The number of amides is 1. The lowest BCUT2D eigenvalue weighted by atomic mass is 10.3. The highest BCUT2D eigenvalue weighted by molar-refractivity contribution is 7.99. The van der Waals surface area contributed by atoms with E-state index in [4.69, 9.17) is 11.6 Å². The lowest BCUT2D eigenvalue weighted by molar-refractivity contribution is -0.113. The van der Waals surface area contributed by atoms with E-state index in [1.54, 1.807) is 35.9 Å². The number of aryl methyl sites for hydroxylation is 2. The number of hydrogen-bond acceptors (Lipinski definition) is 5. The predicted octanol–water partition coefficient (Wildman–Crippen LogP) is 2.23. The van der Waals surface area contributed by atoms with Gasteiger partial charge in [-0.3, -0.25) is 18.7 Å². The largest absolute Gasteiger partial charge is 0.332 e. The van der Waals surface area contributed by atoms with Gasteiger partial charge in [0.05, 0.1) is 5.75 Å². The molecule has 1 aromatic carbocycles. The number of carbonyl (C=O) groups is 1. The molecule has 0 unspecified atom stereocenters. The molecule has 2 aromatic heterocycles. The third-order valence-corrected chi connectivity index (χ3v) is 5.45. The number of aromatic nitrogens is 4. The quantitative estimate of drug-likeness (QED) is 0.616. The fourth-order valence-corrected chi connectivity index (χ4v) is 3.78. The van der Waals surface area contributed by atoms with Gasteiger partial charge in [-0.2, -0.15) is 0 Å². The summed E-state index contributed by atoms with van der Waals surface area (Å²) in [5.74, 6) is -0.0894. The number of imidazole rings is 1. The molecule has 0 aliphatic heterocycles. The summed E-state index contributed by atoms with van der Waals surface area (Å²) in [5.41, 5.74) is 0.509. The maximum atomic E-state index is 12.6. The van der Waals surface area contributed by atoms with Gasteiger partial charge in [0, 0.05) is 31.4 Å². The van der Waals surface area contributed by atoms with Crippen LogP contribution >= 0.6 is 23.4 Å². The van der Waals surface area contributed by atoms with Crippen LogP contribution in [0.15, 0.2) is 39.0 Å². The van der Waals surface area contributed by atoms with Crippen molar-refractivity contribution < 1.29 is 4.79 Å². The van der Waals surface area contributed by atoms with Crippen molar-refractivity contribution in [3.05, 3.63) is 50.1 Å². The second-order valence-electron chi connectivity index (χ2n) is 6.27.